The van der Waals surface area contributed by atoms with Crippen molar-refractivity contribution in [2.75, 3.05) is 7.05 Å². The first kappa shape index (κ1) is 14.0. The molecule has 4 heteroatoms. The molecular weight excluding hydrogens is 236 g/mol. The summed E-state index contributed by atoms with van der Waals surface area (Å²) >= 11 is 6.00. The van der Waals surface area contributed by atoms with E-state index in [4.69, 9.17) is 11.6 Å². The first-order chi connectivity index (χ1) is 7.94. The molecule has 1 aromatic carbocycles. The van der Waals surface area contributed by atoms with Crippen LogP contribution in [0.15, 0.2) is 24.3 Å². The Morgan fingerprint density at radius 1 is 1.35 bits per heavy atom. The van der Waals surface area contributed by atoms with Gasteiger partial charge in [0, 0.05) is 23.5 Å². The number of nitrogens with one attached hydrogen (secondary N) is 2. The lowest BCUT2D eigenvalue weighted by Crippen LogP contribution is -2.41. The minimum absolute atomic E-state index is 0.0178. The molecule has 3 nitrogen and oxygen atoms in total. The average molecular weight is 255 g/mol. The van der Waals surface area contributed by atoms with E-state index in [1.54, 1.807) is 0 Å². The molecule has 0 aliphatic rings. The van der Waals surface area contributed by atoms with Crippen molar-refractivity contribution < 1.29 is 4.79 Å². The Morgan fingerprint density at radius 3 is 2.59 bits per heavy atom. The molecule has 1 amide bonds. The molecule has 0 saturated carbocycles. The van der Waals surface area contributed by atoms with Gasteiger partial charge in [-0.2, -0.15) is 0 Å². The summed E-state index contributed by atoms with van der Waals surface area (Å²) in [6.45, 7) is 4.45. The Balaban J connectivity index is 2.47. The quantitative estimate of drug-likeness (QED) is 0.847. The van der Waals surface area contributed by atoms with E-state index < -0.39 is 0 Å². The van der Waals surface area contributed by atoms with Crippen LogP contribution in [0, 0.1) is 0 Å². The van der Waals surface area contributed by atoms with E-state index in [2.05, 4.69) is 10.6 Å². The number of halogens is 1. The van der Waals surface area contributed by atoms with E-state index in [1.165, 1.54) is 0 Å². The first-order valence-corrected chi connectivity index (χ1v) is 6.01. The maximum atomic E-state index is 11.7. The zero-order chi connectivity index (χ0) is 12.9. The highest BCUT2D eigenvalue weighted by Gasteiger charge is 2.19. The Hall–Kier alpha value is -1.06. The Bertz CT molecular complexity index is 391. The summed E-state index contributed by atoms with van der Waals surface area (Å²) in [5.74, 6) is 0.0178. The van der Waals surface area contributed by atoms with Crippen LogP contribution in [0.2, 0.25) is 5.02 Å². The SMILES string of the molecule is CNC(C)(C)CC(=O)NCc1ccccc1Cl. The van der Waals surface area contributed by atoms with Crippen molar-refractivity contribution in [2.24, 2.45) is 0 Å². The van der Waals surface area contributed by atoms with E-state index in [1.807, 2.05) is 45.2 Å². The van der Waals surface area contributed by atoms with Gasteiger partial charge in [-0.3, -0.25) is 4.79 Å². The van der Waals surface area contributed by atoms with E-state index in [-0.39, 0.29) is 11.4 Å². The third-order valence-electron chi connectivity index (χ3n) is 2.71. The van der Waals surface area contributed by atoms with Gasteiger partial charge in [-0.05, 0) is 32.5 Å². The molecular formula is C13H19ClN2O. The maximum Gasteiger partial charge on any atom is 0.222 e. The minimum Gasteiger partial charge on any atom is -0.352 e. The highest BCUT2D eigenvalue weighted by Crippen LogP contribution is 2.14. The number of hydrogen-bond donors (Lipinski definition) is 2. The minimum atomic E-state index is -0.190. The summed E-state index contributed by atoms with van der Waals surface area (Å²) in [5, 5.41) is 6.64. The summed E-state index contributed by atoms with van der Waals surface area (Å²) in [6, 6.07) is 7.51. The predicted octanol–water partition coefficient (Wildman–Crippen LogP) is 2.34. The highest BCUT2D eigenvalue weighted by molar-refractivity contribution is 6.31. The fourth-order valence-electron chi connectivity index (χ4n) is 1.39. The van der Waals surface area contributed by atoms with E-state index in [0.29, 0.717) is 18.0 Å². The lowest BCUT2D eigenvalue weighted by Gasteiger charge is -2.23. The van der Waals surface area contributed by atoms with E-state index in [9.17, 15) is 4.79 Å². The summed E-state index contributed by atoms with van der Waals surface area (Å²) < 4.78 is 0. The zero-order valence-corrected chi connectivity index (χ0v) is 11.3. The molecule has 0 unspecified atom stereocenters. The fourth-order valence-corrected chi connectivity index (χ4v) is 1.59. The summed E-state index contributed by atoms with van der Waals surface area (Å²) in [4.78, 5) is 11.7. The van der Waals surface area contributed by atoms with Crippen LogP contribution in [0.25, 0.3) is 0 Å². The van der Waals surface area contributed by atoms with Crippen LogP contribution < -0.4 is 10.6 Å². The van der Waals surface area contributed by atoms with Gasteiger partial charge in [0.25, 0.3) is 0 Å². The Labute approximate surface area is 108 Å². The molecule has 0 spiro atoms. The normalized spacial score (nSPS) is 11.3. The van der Waals surface area contributed by atoms with Gasteiger partial charge in [-0.15, -0.1) is 0 Å². The third kappa shape index (κ3) is 4.75. The van der Waals surface area contributed by atoms with Crippen molar-refractivity contribution in [1.29, 1.82) is 0 Å². The van der Waals surface area contributed by atoms with Crippen molar-refractivity contribution in [2.45, 2.75) is 32.4 Å². The number of rotatable bonds is 5. The summed E-state index contributed by atoms with van der Waals surface area (Å²) in [5.41, 5.74) is 0.745. The largest absolute Gasteiger partial charge is 0.352 e. The standard InChI is InChI=1S/C13H19ClN2O/c1-13(2,15-3)8-12(17)16-9-10-6-4-5-7-11(10)14/h4-7,15H,8-9H2,1-3H3,(H,16,17). The number of hydrogen-bond acceptors (Lipinski definition) is 2. The van der Waals surface area contributed by atoms with Crippen LogP contribution in [0.4, 0.5) is 0 Å². The molecule has 94 valence electrons. The number of carbonyl (C=O) groups excluding carboxylic acids is 1. The summed E-state index contributed by atoms with van der Waals surface area (Å²) in [6.07, 6.45) is 0.438. The topological polar surface area (TPSA) is 41.1 Å². The van der Waals surface area contributed by atoms with E-state index in [0.717, 1.165) is 5.56 Å². The van der Waals surface area contributed by atoms with Gasteiger partial charge >= 0.3 is 0 Å². The molecule has 0 heterocycles. The van der Waals surface area contributed by atoms with Crippen LogP contribution >= 0.6 is 11.6 Å². The zero-order valence-electron chi connectivity index (χ0n) is 10.5. The van der Waals surface area contributed by atoms with Crippen molar-refractivity contribution in [3.8, 4) is 0 Å². The Morgan fingerprint density at radius 2 is 2.00 bits per heavy atom. The predicted molar refractivity (Wildman–Crippen MR) is 71.1 cm³/mol. The lowest BCUT2D eigenvalue weighted by atomic mass is 10.0. The number of carbonyl (C=O) groups is 1. The molecule has 17 heavy (non-hydrogen) atoms. The van der Waals surface area contributed by atoms with Crippen molar-refractivity contribution in [3.63, 3.8) is 0 Å². The van der Waals surface area contributed by atoms with Gasteiger partial charge < -0.3 is 10.6 Å². The van der Waals surface area contributed by atoms with Crippen molar-refractivity contribution in [1.82, 2.24) is 10.6 Å². The molecule has 0 aromatic heterocycles. The van der Waals surface area contributed by atoms with Gasteiger partial charge in [-0.1, -0.05) is 29.8 Å². The van der Waals surface area contributed by atoms with Crippen molar-refractivity contribution >= 4 is 17.5 Å². The van der Waals surface area contributed by atoms with Crippen LogP contribution in [-0.2, 0) is 11.3 Å². The third-order valence-corrected chi connectivity index (χ3v) is 3.08. The van der Waals surface area contributed by atoms with Gasteiger partial charge in [0.05, 0.1) is 0 Å². The fraction of sp³-hybridized carbons (Fsp3) is 0.462. The lowest BCUT2D eigenvalue weighted by molar-refractivity contribution is -0.122. The van der Waals surface area contributed by atoms with Crippen LogP contribution in [-0.4, -0.2) is 18.5 Å². The van der Waals surface area contributed by atoms with Gasteiger partial charge in [-0.25, -0.2) is 0 Å². The van der Waals surface area contributed by atoms with Crippen LogP contribution in [0.3, 0.4) is 0 Å². The molecule has 0 saturated heterocycles. The molecule has 1 aromatic rings. The highest BCUT2D eigenvalue weighted by atomic mass is 35.5. The van der Waals surface area contributed by atoms with Crippen LogP contribution in [0.5, 0.6) is 0 Å². The molecule has 0 bridgehead atoms. The van der Waals surface area contributed by atoms with Crippen molar-refractivity contribution in [3.05, 3.63) is 34.9 Å². The molecule has 1 rings (SSSR count). The first-order valence-electron chi connectivity index (χ1n) is 5.63. The second kappa shape index (κ2) is 6.03. The number of amides is 1. The molecule has 0 aliphatic heterocycles. The smallest absolute Gasteiger partial charge is 0.222 e. The van der Waals surface area contributed by atoms with Gasteiger partial charge in [0.15, 0.2) is 0 Å². The van der Waals surface area contributed by atoms with Crippen LogP contribution in [0.1, 0.15) is 25.8 Å². The molecule has 0 fully saturated rings. The van der Waals surface area contributed by atoms with E-state index >= 15 is 0 Å². The molecule has 0 aliphatic carbocycles. The Kier molecular flexibility index (Phi) is 4.97. The second-order valence-electron chi connectivity index (χ2n) is 4.68. The maximum absolute atomic E-state index is 11.7. The monoisotopic (exact) mass is 254 g/mol. The number of benzene rings is 1. The molecule has 0 atom stereocenters. The summed E-state index contributed by atoms with van der Waals surface area (Å²) in [7, 11) is 1.85. The van der Waals surface area contributed by atoms with Gasteiger partial charge in [0.2, 0.25) is 5.91 Å². The molecule has 0 radical (unpaired) electrons. The molecule has 2 N–H and O–H groups in total. The average Bonchev–Trinajstić information content (AvgIpc) is 2.27. The van der Waals surface area contributed by atoms with Gasteiger partial charge in [0.1, 0.15) is 0 Å². The second-order valence-corrected chi connectivity index (χ2v) is 5.09.